The van der Waals surface area contributed by atoms with Gasteiger partial charge in [0.05, 0.1) is 34.5 Å². The van der Waals surface area contributed by atoms with Crippen LogP contribution in [0.4, 0.5) is 16.2 Å². The van der Waals surface area contributed by atoms with Crippen LogP contribution in [0, 0.1) is 27.7 Å². The Bertz CT molecular complexity index is 2760. The summed E-state index contributed by atoms with van der Waals surface area (Å²) in [5, 5.41) is 10.2. The van der Waals surface area contributed by atoms with Gasteiger partial charge in [-0.15, -0.1) is 0 Å². The molecule has 14 heteroatoms. The fraction of sp³-hybridized carbons (Fsp3) is 0.453. The van der Waals surface area contributed by atoms with Gasteiger partial charge in [-0.3, -0.25) is 14.9 Å². The second-order valence-corrected chi connectivity index (χ2v) is 19.4. The molecule has 0 bridgehead atoms. The second-order valence-electron chi connectivity index (χ2n) is 19.4. The minimum Gasteiger partial charge on any atom is -0.444 e. The van der Waals surface area contributed by atoms with E-state index in [9.17, 15) is 14.4 Å². The third-order valence-corrected chi connectivity index (χ3v) is 12.9. The number of nitrogens with one attached hydrogen (secondary N) is 3. The number of nitrogen functional groups attached to an aromatic ring is 1. The van der Waals surface area contributed by atoms with Crippen molar-refractivity contribution in [2.75, 3.05) is 50.3 Å². The van der Waals surface area contributed by atoms with Crippen molar-refractivity contribution in [1.29, 1.82) is 0 Å². The van der Waals surface area contributed by atoms with E-state index in [0.717, 1.165) is 139 Å². The van der Waals surface area contributed by atoms with Gasteiger partial charge in [-0.05, 0) is 170 Å². The maximum Gasteiger partial charge on any atom is 0.412 e. The van der Waals surface area contributed by atoms with Crippen LogP contribution in [0.2, 0.25) is 0 Å². The number of aromatic nitrogens is 4. The highest BCUT2D eigenvalue weighted by atomic mass is 16.6. The first-order valence-electron chi connectivity index (χ1n) is 23.9. The zero-order chi connectivity index (χ0) is 47.7. The molecular formula is C53H70N10O4. The molecule has 0 unspecified atom stereocenters. The van der Waals surface area contributed by atoms with Gasteiger partial charge in [-0.2, -0.15) is 0 Å². The van der Waals surface area contributed by atoms with Gasteiger partial charge in [-0.25, -0.2) is 14.8 Å². The summed E-state index contributed by atoms with van der Waals surface area (Å²) < 4.78 is 9.10. The average molecular weight is 911 g/mol. The van der Waals surface area contributed by atoms with Crippen LogP contribution in [0.3, 0.4) is 0 Å². The maximum atomic E-state index is 12.5. The Hall–Kier alpha value is -5.93. The van der Waals surface area contributed by atoms with E-state index in [0.29, 0.717) is 25.2 Å². The molecule has 67 heavy (non-hydrogen) atoms. The second kappa shape index (κ2) is 22.2. The van der Waals surface area contributed by atoms with Gasteiger partial charge in [-0.1, -0.05) is 36.4 Å². The third-order valence-electron chi connectivity index (χ3n) is 12.9. The number of amides is 1. The highest BCUT2D eigenvalue weighted by Gasteiger charge is 2.22. The minimum absolute atomic E-state index is 0.0259. The van der Waals surface area contributed by atoms with Crippen LogP contribution in [-0.2, 0) is 30.9 Å². The van der Waals surface area contributed by atoms with Crippen LogP contribution in [0.15, 0.2) is 94.8 Å². The number of carbonyl (C=O) groups is 1. The van der Waals surface area contributed by atoms with E-state index in [1.807, 2.05) is 100 Å². The molecule has 6 aromatic rings. The summed E-state index contributed by atoms with van der Waals surface area (Å²) in [4.78, 5) is 50.5. The molecular weight excluding hydrogens is 841 g/mol. The molecule has 0 saturated carbocycles. The lowest BCUT2D eigenvalue weighted by Gasteiger charge is -2.32. The number of benzene rings is 4. The number of nitrogens with zero attached hydrogens (tertiary/aromatic N) is 6. The summed E-state index contributed by atoms with van der Waals surface area (Å²) in [6.45, 7) is 22.4. The number of hydrogen-bond donors (Lipinski definition) is 4. The van der Waals surface area contributed by atoms with Crippen LogP contribution >= 0.6 is 0 Å². The minimum atomic E-state index is -0.535. The first-order chi connectivity index (χ1) is 32.1. The van der Waals surface area contributed by atoms with Gasteiger partial charge < -0.3 is 40.0 Å². The fourth-order valence-electron chi connectivity index (χ4n) is 8.86. The Morgan fingerprint density at radius 1 is 0.642 bits per heavy atom. The molecule has 2 aliphatic rings. The summed E-state index contributed by atoms with van der Waals surface area (Å²) in [7, 11) is 0. The summed E-state index contributed by atoms with van der Waals surface area (Å²) in [6.07, 6.45) is 6.77. The number of aryl methyl sites for hydroxylation is 4. The zero-order valence-corrected chi connectivity index (χ0v) is 40.5. The quantitative estimate of drug-likeness (QED) is 0.0851. The van der Waals surface area contributed by atoms with Gasteiger partial charge in [0.25, 0.3) is 11.1 Å². The normalized spacial score (nSPS) is 15.4. The van der Waals surface area contributed by atoms with Crippen molar-refractivity contribution in [3.8, 4) is 0 Å². The van der Waals surface area contributed by atoms with Crippen molar-refractivity contribution >= 4 is 39.5 Å². The van der Waals surface area contributed by atoms with Gasteiger partial charge in [0.1, 0.15) is 5.60 Å². The molecule has 4 heterocycles. The molecule has 0 spiro atoms. The lowest BCUT2D eigenvalue weighted by Crippen LogP contribution is -2.43. The van der Waals surface area contributed by atoms with Crippen molar-refractivity contribution in [3.05, 3.63) is 139 Å². The van der Waals surface area contributed by atoms with Crippen LogP contribution in [0.5, 0.6) is 0 Å². The van der Waals surface area contributed by atoms with Gasteiger partial charge in [0.15, 0.2) is 0 Å². The highest BCUT2D eigenvalue weighted by molar-refractivity contribution is 5.86. The van der Waals surface area contributed by atoms with E-state index in [1.165, 1.54) is 18.0 Å². The fourth-order valence-corrected chi connectivity index (χ4v) is 8.86. The highest BCUT2D eigenvalue weighted by Crippen LogP contribution is 2.21. The molecule has 0 radical (unpaired) electrons. The standard InChI is InChI=1S/C29H39N5O3.C24H31N5O/c1-20-6-9-24-26(16-20)34(27(35)19-31-24)15-14-33-12-10-23(11-13-33)30-18-22-8-7-21(2)25(17-22)32-28(36)37-29(3,4)5;1-17-3-6-22-23(13-17)29(24(30)16-27-22)12-11-28-9-7-20(8-10-28)26-15-19-5-4-18(2)21(25)14-19/h6-9,16-17,19,23,30H,10-15,18H2,1-5H3,(H,32,36);3-6,13-14,16,20,26H,7-12,15,25H2,1-2H3. The van der Waals surface area contributed by atoms with E-state index in [1.54, 1.807) is 0 Å². The van der Waals surface area contributed by atoms with Gasteiger partial charge in [0.2, 0.25) is 0 Å². The molecule has 2 saturated heterocycles. The third kappa shape index (κ3) is 13.8. The molecule has 4 aromatic carbocycles. The van der Waals surface area contributed by atoms with Crippen LogP contribution < -0.4 is 32.8 Å². The van der Waals surface area contributed by atoms with Crippen molar-refractivity contribution in [3.63, 3.8) is 0 Å². The summed E-state index contributed by atoms with van der Waals surface area (Å²) in [5.41, 5.74) is 17.4. The zero-order valence-electron chi connectivity index (χ0n) is 40.5. The van der Waals surface area contributed by atoms with Crippen molar-refractivity contribution in [1.82, 2.24) is 39.5 Å². The number of piperidine rings is 2. The van der Waals surface area contributed by atoms with Crippen LogP contribution in [0.1, 0.15) is 79.8 Å². The maximum absolute atomic E-state index is 12.5. The number of rotatable bonds is 13. The molecule has 2 fully saturated rings. The van der Waals surface area contributed by atoms with E-state index >= 15 is 0 Å². The lowest BCUT2D eigenvalue weighted by atomic mass is 10.0. The van der Waals surface area contributed by atoms with Gasteiger partial charge >= 0.3 is 6.09 Å². The first-order valence-corrected chi connectivity index (χ1v) is 23.9. The van der Waals surface area contributed by atoms with E-state index < -0.39 is 11.7 Å². The van der Waals surface area contributed by atoms with Crippen LogP contribution in [0.25, 0.3) is 22.1 Å². The first kappa shape index (κ1) is 49.0. The smallest absolute Gasteiger partial charge is 0.412 e. The number of nitrogens with two attached hydrogens (primary N) is 1. The van der Waals surface area contributed by atoms with Crippen molar-refractivity contribution < 1.29 is 9.53 Å². The van der Waals surface area contributed by atoms with Crippen molar-refractivity contribution in [2.24, 2.45) is 0 Å². The lowest BCUT2D eigenvalue weighted by molar-refractivity contribution is 0.0635. The predicted octanol–water partition coefficient (Wildman–Crippen LogP) is 7.46. The summed E-state index contributed by atoms with van der Waals surface area (Å²) in [5.74, 6) is 0. The molecule has 14 nitrogen and oxygen atoms in total. The predicted molar refractivity (Wildman–Crippen MR) is 271 cm³/mol. The largest absolute Gasteiger partial charge is 0.444 e. The molecule has 0 atom stereocenters. The number of likely N-dealkylation sites (tertiary alicyclic amines) is 2. The number of anilines is 2. The van der Waals surface area contributed by atoms with Crippen molar-refractivity contribution in [2.45, 2.75) is 118 Å². The molecule has 0 aliphatic carbocycles. The Balaban J connectivity index is 0.000000203. The number of ether oxygens (including phenoxy) is 1. The van der Waals surface area contributed by atoms with E-state index in [-0.39, 0.29) is 11.1 Å². The molecule has 356 valence electrons. The Morgan fingerprint density at radius 3 is 1.57 bits per heavy atom. The Kier molecular flexibility index (Phi) is 16.3. The number of hydrogen-bond acceptors (Lipinski definition) is 11. The molecule has 2 aromatic heterocycles. The molecule has 5 N–H and O–H groups in total. The number of carbonyl (C=O) groups excluding carboxylic acids is 1. The number of fused-ring (bicyclic) bond motifs is 2. The summed E-state index contributed by atoms with van der Waals surface area (Å²) in [6, 6.07) is 25.5. The summed E-state index contributed by atoms with van der Waals surface area (Å²) >= 11 is 0. The van der Waals surface area contributed by atoms with Crippen LogP contribution in [-0.4, -0.2) is 91.9 Å². The van der Waals surface area contributed by atoms with Gasteiger partial charge in [0, 0.05) is 62.7 Å². The Morgan fingerprint density at radius 2 is 1.10 bits per heavy atom. The van der Waals surface area contributed by atoms with E-state index in [2.05, 4.69) is 66.0 Å². The molecule has 2 aliphatic heterocycles. The molecule has 8 rings (SSSR count). The topological polar surface area (TPSA) is 165 Å². The Labute approximate surface area is 394 Å². The van der Waals surface area contributed by atoms with E-state index in [4.69, 9.17) is 10.5 Å². The molecule has 1 amide bonds. The monoisotopic (exact) mass is 911 g/mol. The average Bonchev–Trinajstić information content (AvgIpc) is 3.29. The SMILES string of the molecule is Cc1ccc2ncc(=O)n(CCN3CCC(NCc4ccc(C)c(N)c4)CC3)c2c1.Cc1ccc2ncc(=O)n(CCN3CCC(NCc4ccc(C)c(NC(=O)OC(C)(C)C)c4)CC3)c2c1.